The van der Waals surface area contributed by atoms with Gasteiger partial charge in [0.05, 0.1) is 12.7 Å². The summed E-state index contributed by atoms with van der Waals surface area (Å²) in [4.78, 5) is 13.8. The van der Waals surface area contributed by atoms with Crippen molar-refractivity contribution in [3.63, 3.8) is 0 Å². The number of esters is 1. The fourth-order valence-electron chi connectivity index (χ4n) is 1.90. The van der Waals surface area contributed by atoms with Gasteiger partial charge in [-0.2, -0.15) is 0 Å². The Hall–Kier alpha value is -1.07. The van der Waals surface area contributed by atoms with Gasteiger partial charge in [0, 0.05) is 36.3 Å². The summed E-state index contributed by atoms with van der Waals surface area (Å²) in [5, 5.41) is 3.30. The molecule has 1 aliphatic heterocycles. The van der Waals surface area contributed by atoms with Crippen LogP contribution in [0.4, 0.5) is 5.69 Å². The molecule has 0 bridgehead atoms. The number of anilines is 1. The fraction of sp³-hybridized carbons (Fsp3) is 0.417. The fourth-order valence-corrected chi connectivity index (χ4v) is 2.31. The minimum absolute atomic E-state index is 0.311. The number of nitrogens with zero attached hydrogens (tertiary/aromatic N) is 1. The lowest BCUT2D eigenvalue weighted by Gasteiger charge is -2.29. The van der Waals surface area contributed by atoms with Crippen LogP contribution >= 0.6 is 15.9 Å². The number of ether oxygens (including phenoxy) is 1. The predicted molar refractivity (Wildman–Crippen MR) is 70.6 cm³/mol. The Labute approximate surface area is 109 Å². The highest BCUT2D eigenvalue weighted by molar-refractivity contribution is 9.10. The number of methoxy groups -OCH3 is 1. The lowest BCUT2D eigenvalue weighted by atomic mass is 10.1. The highest BCUT2D eigenvalue weighted by atomic mass is 79.9. The average Bonchev–Trinajstić information content (AvgIpc) is 2.39. The molecule has 1 heterocycles. The molecule has 0 atom stereocenters. The minimum atomic E-state index is -0.311. The average molecular weight is 299 g/mol. The Morgan fingerprint density at radius 3 is 2.76 bits per heavy atom. The minimum Gasteiger partial charge on any atom is -0.465 e. The Morgan fingerprint density at radius 1 is 1.41 bits per heavy atom. The van der Waals surface area contributed by atoms with Crippen LogP contribution in [-0.4, -0.2) is 39.3 Å². The molecular formula is C12H15BrN2O2. The highest BCUT2D eigenvalue weighted by Gasteiger charge is 2.15. The molecule has 17 heavy (non-hydrogen) atoms. The van der Waals surface area contributed by atoms with Crippen LogP contribution in [0.15, 0.2) is 22.7 Å². The van der Waals surface area contributed by atoms with Gasteiger partial charge in [0.15, 0.2) is 0 Å². The molecule has 0 saturated carbocycles. The summed E-state index contributed by atoms with van der Waals surface area (Å²) in [5.41, 5.74) is 1.64. The van der Waals surface area contributed by atoms with Gasteiger partial charge in [-0.1, -0.05) is 0 Å². The Balaban J connectivity index is 2.26. The zero-order valence-corrected chi connectivity index (χ0v) is 11.3. The molecule has 1 saturated heterocycles. The van der Waals surface area contributed by atoms with Crippen molar-refractivity contribution < 1.29 is 9.53 Å². The summed E-state index contributed by atoms with van der Waals surface area (Å²) >= 11 is 3.36. The molecule has 1 N–H and O–H groups in total. The third-order valence-electron chi connectivity index (χ3n) is 2.84. The van der Waals surface area contributed by atoms with Crippen molar-refractivity contribution in [1.29, 1.82) is 0 Å². The molecule has 92 valence electrons. The third kappa shape index (κ3) is 2.79. The van der Waals surface area contributed by atoms with Crippen molar-refractivity contribution in [3.8, 4) is 0 Å². The molecule has 0 radical (unpaired) electrons. The summed E-state index contributed by atoms with van der Waals surface area (Å²) in [7, 11) is 1.40. The van der Waals surface area contributed by atoms with Gasteiger partial charge in [0.25, 0.3) is 0 Å². The first-order valence-electron chi connectivity index (χ1n) is 5.56. The van der Waals surface area contributed by atoms with Gasteiger partial charge in [0.2, 0.25) is 0 Å². The predicted octanol–water partition coefficient (Wildman–Crippen LogP) is 1.65. The van der Waals surface area contributed by atoms with Gasteiger partial charge < -0.3 is 15.0 Å². The molecule has 0 aromatic heterocycles. The normalized spacial score (nSPS) is 15.8. The van der Waals surface area contributed by atoms with E-state index in [4.69, 9.17) is 4.74 Å². The number of halogens is 1. The number of piperazine rings is 1. The van der Waals surface area contributed by atoms with Crippen molar-refractivity contribution in [1.82, 2.24) is 5.32 Å². The second-order valence-corrected chi connectivity index (χ2v) is 4.75. The topological polar surface area (TPSA) is 41.6 Å². The second-order valence-electron chi connectivity index (χ2n) is 3.89. The molecule has 4 nitrogen and oxygen atoms in total. The van der Waals surface area contributed by atoms with Gasteiger partial charge in [-0.3, -0.25) is 0 Å². The van der Waals surface area contributed by atoms with Crippen molar-refractivity contribution >= 4 is 27.6 Å². The van der Waals surface area contributed by atoms with E-state index in [2.05, 4.69) is 26.1 Å². The van der Waals surface area contributed by atoms with E-state index >= 15 is 0 Å². The van der Waals surface area contributed by atoms with Crippen LogP contribution < -0.4 is 10.2 Å². The van der Waals surface area contributed by atoms with Gasteiger partial charge in [0.1, 0.15) is 0 Å². The Kier molecular flexibility index (Phi) is 4.02. The highest BCUT2D eigenvalue weighted by Crippen LogP contribution is 2.24. The van der Waals surface area contributed by atoms with E-state index < -0.39 is 0 Å². The molecule has 1 aromatic rings. The molecule has 1 fully saturated rings. The molecular weight excluding hydrogens is 284 g/mol. The van der Waals surface area contributed by atoms with Crippen LogP contribution in [-0.2, 0) is 4.74 Å². The zero-order chi connectivity index (χ0) is 12.3. The van der Waals surface area contributed by atoms with E-state index in [0.29, 0.717) is 5.56 Å². The van der Waals surface area contributed by atoms with E-state index in [1.807, 2.05) is 18.2 Å². The first-order valence-corrected chi connectivity index (χ1v) is 6.35. The number of nitrogens with one attached hydrogen (secondary N) is 1. The van der Waals surface area contributed by atoms with Gasteiger partial charge in [-0.25, -0.2) is 4.79 Å². The number of carbonyl (C=O) groups is 1. The molecule has 0 aliphatic carbocycles. The van der Waals surface area contributed by atoms with Crippen LogP contribution in [0.1, 0.15) is 10.4 Å². The van der Waals surface area contributed by atoms with Crippen molar-refractivity contribution in [2.75, 3.05) is 38.2 Å². The van der Waals surface area contributed by atoms with E-state index in [1.54, 1.807) is 0 Å². The number of benzene rings is 1. The standard InChI is InChI=1S/C12H15BrN2O2/c1-17-12(16)10-8-9(2-3-11(10)13)15-6-4-14-5-7-15/h2-3,8,14H,4-7H2,1H3. The molecule has 5 heteroatoms. The Morgan fingerprint density at radius 2 is 2.12 bits per heavy atom. The SMILES string of the molecule is COC(=O)c1cc(N2CCNCC2)ccc1Br. The quantitative estimate of drug-likeness (QED) is 0.843. The third-order valence-corrected chi connectivity index (χ3v) is 3.53. The van der Waals surface area contributed by atoms with Crippen molar-refractivity contribution in [3.05, 3.63) is 28.2 Å². The zero-order valence-electron chi connectivity index (χ0n) is 9.70. The van der Waals surface area contributed by atoms with Crippen LogP contribution in [0.5, 0.6) is 0 Å². The van der Waals surface area contributed by atoms with Crippen molar-refractivity contribution in [2.24, 2.45) is 0 Å². The molecule has 0 amide bonds. The molecule has 1 aromatic carbocycles. The second kappa shape index (κ2) is 5.51. The number of hydrogen-bond donors (Lipinski definition) is 1. The Bertz CT molecular complexity index is 417. The number of rotatable bonds is 2. The number of hydrogen-bond acceptors (Lipinski definition) is 4. The maximum Gasteiger partial charge on any atom is 0.339 e. The largest absolute Gasteiger partial charge is 0.465 e. The maximum absolute atomic E-state index is 11.6. The molecule has 1 aliphatic rings. The lowest BCUT2D eigenvalue weighted by molar-refractivity contribution is 0.0599. The lowest BCUT2D eigenvalue weighted by Crippen LogP contribution is -2.43. The van der Waals surface area contributed by atoms with Crippen LogP contribution in [0.2, 0.25) is 0 Å². The van der Waals surface area contributed by atoms with E-state index in [9.17, 15) is 4.79 Å². The van der Waals surface area contributed by atoms with Crippen molar-refractivity contribution in [2.45, 2.75) is 0 Å². The van der Waals surface area contributed by atoms with Gasteiger partial charge in [-0.05, 0) is 34.1 Å². The maximum atomic E-state index is 11.6. The summed E-state index contributed by atoms with van der Waals surface area (Å²) < 4.78 is 5.53. The number of carbonyl (C=O) groups excluding carboxylic acids is 1. The molecule has 2 rings (SSSR count). The summed E-state index contributed by atoms with van der Waals surface area (Å²) in [6, 6.07) is 5.78. The van der Waals surface area contributed by atoms with E-state index in [0.717, 1.165) is 36.3 Å². The summed E-state index contributed by atoms with van der Waals surface area (Å²) in [6.45, 7) is 3.87. The first-order chi connectivity index (χ1) is 8.22. The van der Waals surface area contributed by atoms with Gasteiger partial charge >= 0.3 is 5.97 Å². The summed E-state index contributed by atoms with van der Waals surface area (Å²) in [5.74, 6) is -0.311. The summed E-state index contributed by atoms with van der Waals surface area (Å²) in [6.07, 6.45) is 0. The van der Waals surface area contributed by atoms with Crippen LogP contribution in [0.3, 0.4) is 0 Å². The first kappa shape index (κ1) is 12.4. The molecule has 0 unspecified atom stereocenters. The molecule has 0 spiro atoms. The van der Waals surface area contributed by atoms with Crippen LogP contribution in [0.25, 0.3) is 0 Å². The van der Waals surface area contributed by atoms with E-state index in [-0.39, 0.29) is 5.97 Å². The monoisotopic (exact) mass is 298 g/mol. The van der Waals surface area contributed by atoms with Crippen LogP contribution in [0, 0.1) is 0 Å². The smallest absolute Gasteiger partial charge is 0.339 e. The van der Waals surface area contributed by atoms with Gasteiger partial charge in [-0.15, -0.1) is 0 Å². The van der Waals surface area contributed by atoms with E-state index in [1.165, 1.54) is 7.11 Å².